The van der Waals surface area contributed by atoms with Gasteiger partial charge in [0.25, 0.3) is 0 Å². The largest absolute Gasteiger partial charge is 0.481 e. The monoisotopic (exact) mass is 293 g/mol. The van der Waals surface area contributed by atoms with Crippen LogP contribution in [0.25, 0.3) is 0 Å². The van der Waals surface area contributed by atoms with Crippen molar-refractivity contribution in [1.29, 1.82) is 0 Å². The average molecular weight is 293 g/mol. The molecule has 1 aromatic carbocycles. The molecule has 1 saturated heterocycles. The number of ether oxygens (including phenoxy) is 2. The molecule has 114 valence electrons. The summed E-state index contributed by atoms with van der Waals surface area (Å²) < 4.78 is 10.4. The Morgan fingerprint density at radius 3 is 2.52 bits per heavy atom. The van der Waals surface area contributed by atoms with Gasteiger partial charge < -0.3 is 19.9 Å². The van der Waals surface area contributed by atoms with Crippen LogP contribution in [0.1, 0.15) is 24.8 Å². The van der Waals surface area contributed by atoms with Gasteiger partial charge in [0.1, 0.15) is 6.61 Å². The average Bonchev–Trinajstić information content (AvgIpc) is 2.46. The first-order chi connectivity index (χ1) is 10.1. The zero-order valence-electron chi connectivity index (χ0n) is 11.7. The van der Waals surface area contributed by atoms with Gasteiger partial charge in [-0.05, 0) is 18.4 Å². The summed E-state index contributed by atoms with van der Waals surface area (Å²) in [7, 11) is 0. The summed E-state index contributed by atoms with van der Waals surface area (Å²) in [5, 5.41) is 11.7. The summed E-state index contributed by atoms with van der Waals surface area (Å²) in [5.41, 5.74) is 0.101. The molecule has 2 N–H and O–H groups in total. The van der Waals surface area contributed by atoms with Gasteiger partial charge in [-0.1, -0.05) is 30.3 Å². The van der Waals surface area contributed by atoms with Crippen LogP contribution in [0.3, 0.4) is 0 Å². The number of carbonyl (C=O) groups is 2. The molecule has 21 heavy (non-hydrogen) atoms. The van der Waals surface area contributed by atoms with E-state index in [0.717, 1.165) is 5.56 Å². The van der Waals surface area contributed by atoms with Gasteiger partial charge in [-0.2, -0.15) is 0 Å². The summed E-state index contributed by atoms with van der Waals surface area (Å²) in [6.07, 6.45) is 0.220. The van der Waals surface area contributed by atoms with Crippen LogP contribution in [0.15, 0.2) is 30.3 Å². The number of carbonyl (C=O) groups excluding carboxylic acids is 1. The molecule has 1 amide bonds. The molecule has 0 aliphatic carbocycles. The van der Waals surface area contributed by atoms with Crippen molar-refractivity contribution < 1.29 is 24.2 Å². The number of carboxylic acids is 1. The minimum Gasteiger partial charge on any atom is -0.481 e. The molecule has 6 heteroatoms. The normalized spacial score (nSPS) is 17.0. The molecule has 1 aliphatic heterocycles. The van der Waals surface area contributed by atoms with Gasteiger partial charge in [0.2, 0.25) is 0 Å². The van der Waals surface area contributed by atoms with Crippen molar-refractivity contribution in [3.63, 3.8) is 0 Å². The molecule has 0 radical (unpaired) electrons. The third-order valence-corrected chi connectivity index (χ3v) is 3.52. The predicted octanol–water partition coefficient (Wildman–Crippen LogP) is 1.94. The zero-order chi connectivity index (χ0) is 15.1. The third-order valence-electron chi connectivity index (χ3n) is 3.52. The van der Waals surface area contributed by atoms with Gasteiger partial charge in [0, 0.05) is 13.2 Å². The molecular formula is C15H19NO5. The van der Waals surface area contributed by atoms with Gasteiger partial charge in [0.05, 0.1) is 12.0 Å². The fourth-order valence-corrected chi connectivity index (χ4v) is 2.37. The second-order valence-corrected chi connectivity index (χ2v) is 5.15. The number of alkyl carbamates (subject to hydrolysis) is 1. The number of aliphatic carboxylic acids is 1. The number of benzene rings is 1. The lowest BCUT2D eigenvalue weighted by Crippen LogP contribution is -2.53. The lowest BCUT2D eigenvalue weighted by Gasteiger charge is -2.36. The lowest BCUT2D eigenvalue weighted by atomic mass is 9.87. The topological polar surface area (TPSA) is 84.9 Å². The maximum atomic E-state index is 11.9. The molecule has 0 bridgehead atoms. The standard InChI is InChI=1S/C15H19NO5/c17-13(18)10-15(6-8-20-9-7-15)16-14(19)21-11-12-4-2-1-3-5-12/h1-5H,6-11H2,(H,16,19)(H,17,18). The van der Waals surface area contributed by atoms with Crippen molar-refractivity contribution in [2.45, 2.75) is 31.4 Å². The number of nitrogens with one attached hydrogen (secondary N) is 1. The van der Waals surface area contributed by atoms with E-state index < -0.39 is 17.6 Å². The van der Waals surface area contributed by atoms with Crippen LogP contribution in [0.5, 0.6) is 0 Å². The van der Waals surface area contributed by atoms with Crippen LogP contribution in [-0.2, 0) is 20.9 Å². The molecule has 1 fully saturated rings. The number of carboxylic acid groups (broad SMARTS) is 1. The summed E-state index contributed by atoms with van der Waals surface area (Å²) in [5.74, 6) is -0.944. The van der Waals surface area contributed by atoms with E-state index in [1.165, 1.54) is 0 Å². The highest BCUT2D eigenvalue weighted by Gasteiger charge is 2.36. The van der Waals surface area contributed by atoms with Crippen LogP contribution >= 0.6 is 0 Å². The number of amides is 1. The first-order valence-electron chi connectivity index (χ1n) is 6.88. The summed E-state index contributed by atoms with van der Waals surface area (Å²) in [6.45, 7) is 1.03. The fourth-order valence-electron chi connectivity index (χ4n) is 2.37. The SMILES string of the molecule is O=C(O)CC1(NC(=O)OCc2ccccc2)CCOCC1. The molecule has 1 aliphatic rings. The molecule has 0 atom stereocenters. The molecular weight excluding hydrogens is 274 g/mol. The highest BCUT2D eigenvalue weighted by Crippen LogP contribution is 2.24. The van der Waals surface area contributed by atoms with Crippen LogP contribution < -0.4 is 5.32 Å². The third kappa shape index (κ3) is 4.75. The Morgan fingerprint density at radius 1 is 1.24 bits per heavy atom. The predicted molar refractivity (Wildman–Crippen MR) is 74.8 cm³/mol. The van der Waals surface area contributed by atoms with E-state index in [4.69, 9.17) is 14.6 Å². The van der Waals surface area contributed by atoms with Crippen LogP contribution in [0, 0.1) is 0 Å². The van der Waals surface area contributed by atoms with Gasteiger partial charge in [0.15, 0.2) is 0 Å². The van der Waals surface area contributed by atoms with Crippen molar-refractivity contribution in [1.82, 2.24) is 5.32 Å². The molecule has 0 spiro atoms. The van der Waals surface area contributed by atoms with Crippen molar-refractivity contribution in [2.24, 2.45) is 0 Å². The van der Waals surface area contributed by atoms with Gasteiger partial charge in [-0.3, -0.25) is 4.79 Å². The van der Waals surface area contributed by atoms with E-state index in [1.54, 1.807) is 0 Å². The van der Waals surface area contributed by atoms with Crippen LogP contribution in [0.4, 0.5) is 4.79 Å². The van der Waals surface area contributed by atoms with Gasteiger partial charge in [-0.25, -0.2) is 4.79 Å². The maximum Gasteiger partial charge on any atom is 0.407 e. The van der Waals surface area contributed by atoms with E-state index in [9.17, 15) is 9.59 Å². The second kappa shape index (κ2) is 7.08. The van der Waals surface area contributed by atoms with Crippen molar-refractivity contribution >= 4 is 12.1 Å². The van der Waals surface area contributed by atoms with E-state index >= 15 is 0 Å². The van der Waals surface area contributed by atoms with Crippen LogP contribution in [0.2, 0.25) is 0 Å². The van der Waals surface area contributed by atoms with E-state index in [2.05, 4.69) is 5.32 Å². The van der Waals surface area contributed by atoms with Gasteiger partial charge in [-0.15, -0.1) is 0 Å². The Bertz CT molecular complexity index is 482. The first-order valence-corrected chi connectivity index (χ1v) is 6.88. The minimum atomic E-state index is -0.944. The maximum absolute atomic E-state index is 11.9. The number of hydrogen-bond donors (Lipinski definition) is 2. The molecule has 2 rings (SSSR count). The number of hydrogen-bond acceptors (Lipinski definition) is 4. The Balaban J connectivity index is 1.90. The smallest absolute Gasteiger partial charge is 0.407 e. The van der Waals surface area contributed by atoms with Crippen molar-refractivity contribution in [3.8, 4) is 0 Å². The van der Waals surface area contributed by atoms with Crippen molar-refractivity contribution in [3.05, 3.63) is 35.9 Å². The molecule has 1 heterocycles. The highest BCUT2D eigenvalue weighted by atomic mass is 16.5. The van der Waals surface area contributed by atoms with E-state index in [0.29, 0.717) is 26.1 Å². The summed E-state index contributed by atoms with van der Waals surface area (Å²) >= 11 is 0. The number of rotatable bonds is 5. The van der Waals surface area contributed by atoms with Crippen molar-refractivity contribution in [2.75, 3.05) is 13.2 Å². The Labute approximate surface area is 123 Å². The van der Waals surface area contributed by atoms with Crippen LogP contribution in [-0.4, -0.2) is 35.9 Å². The first kappa shape index (κ1) is 15.3. The van der Waals surface area contributed by atoms with E-state index in [1.807, 2.05) is 30.3 Å². The fraction of sp³-hybridized carbons (Fsp3) is 0.467. The Hall–Kier alpha value is -2.08. The quantitative estimate of drug-likeness (QED) is 0.866. The molecule has 0 unspecified atom stereocenters. The highest BCUT2D eigenvalue weighted by molar-refractivity contribution is 5.72. The lowest BCUT2D eigenvalue weighted by molar-refractivity contribution is -0.139. The molecule has 0 aromatic heterocycles. The summed E-state index contributed by atoms with van der Waals surface area (Å²) in [4.78, 5) is 22.9. The zero-order valence-corrected chi connectivity index (χ0v) is 11.7. The minimum absolute atomic E-state index is 0.128. The Kier molecular flexibility index (Phi) is 5.16. The molecule has 6 nitrogen and oxygen atoms in total. The summed E-state index contributed by atoms with van der Waals surface area (Å²) in [6, 6.07) is 9.32. The second-order valence-electron chi connectivity index (χ2n) is 5.15. The Morgan fingerprint density at radius 2 is 1.90 bits per heavy atom. The molecule has 1 aromatic rings. The van der Waals surface area contributed by atoms with E-state index in [-0.39, 0.29) is 13.0 Å². The van der Waals surface area contributed by atoms with Gasteiger partial charge >= 0.3 is 12.1 Å². The molecule has 0 saturated carbocycles.